The van der Waals surface area contributed by atoms with Crippen molar-refractivity contribution >= 4 is 11.8 Å². The molecular formula is C26H34N2O3. The third-order valence-corrected chi connectivity index (χ3v) is 6.02. The average Bonchev–Trinajstić information content (AvgIpc) is 3.08. The van der Waals surface area contributed by atoms with Gasteiger partial charge in [0.15, 0.2) is 0 Å². The van der Waals surface area contributed by atoms with Crippen molar-refractivity contribution < 1.29 is 14.3 Å². The summed E-state index contributed by atoms with van der Waals surface area (Å²) in [6, 6.07) is 17.9. The fourth-order valence-electron chi connectivity index (χ4n) is 4.22. The first-order valence-electron chi connectivity index (χ1n) is 11.4. The number of benzene rings is 2. The molecule has 1 saturated heterocycles. The number of hydrogen-bond acceptors (Lipinski definition) is 3. The Balaban J connectivity index is 1.54. The van der Waals surface area contributed by atoms with E-state index in [1.165, 1.54) is 0 Å². The Morgan fingerprint density at radius 3 is 2.29 bits per heavy atom. The van der Waals surface area contributed by atoms with Gasteiger partial charge in [-0.3, -0.25) is 9.59 Å². The Morgan fingerprint density at radius 2 is 1.61 bits per heavy atom. The summed E-state index contributed by atoms with van der Waals surface area (Å²) >= 11 is 0. The maximum Gasteiger partial charge on any atom is 0.230 e. The number of carbonyl (C=O) groups is 2. The lowest BCUT2D eigenvalue weighted by Gasteiger charge is -2.26. The van der Waals surface area contributed by atoms with Crippen LogP contribution < -0.4 is 4.74 Å². The molecule has 1 unspecified atom stereocenters. The molecule has 0 radical (unpaired) electrons. The maximum absolute atomic E-state index is 13.3. The zero-order chi connectivity index (χ0) is 22.1. The molecule has 2 aromatic rings. The molecule has 0 aromatic heterocycles. The Morgan fingerprint density at radius 1 is 0.935 bits per heavy atom. The van der Waals surface area contributed by atoms with Crippen LogP contribution in [-0.2, 0) is 16.0 Å². The molecule has 1 aliphatic rings. The summed E-state index contributed by atoms with van der Waals surface area (Å²) in [5.41, 5.74) is 2.22. The van der Waals surface area contributed by atoms with E-state index < -0.39 is 0 Å². The minimum Gasteiger partial charge on any atom is -0.497 e. The second-order valence-electron chi connectivity index (χ2n) is 8.16. The van der Waals surface area contributed by atoms with E-state index in [1.807, 2.05) is 64.4 Å². The molecule has 0 spiro atoms. The van der Waals surface area contributed by atoms with E-state index in [0.29, 0.717) is 32.5 Å². The van der Waals surface area contributed by atoms with E-state index in [-0.39, 0.29) is 17.7 Å². The third kappa shape index (κ3) is 6.33. The van der Waals surface area contributed by atoms with Crippen LogP contribution in [-0.4, -0.2) is 54.9 Å². The number of carbonyl (C=O) groups excluding carboxylic acids is 2. The molecule has 0 aliphatic carbocycles. The van der Waals surface area contributed by atoms with Gasteiger partial charge in [0.1, 0.15) is 5.75 Å². The van der Waals surface area contributed by atoms with Crippen LogP contribution in [0.1, 0.15) is 49.7 Å². The van der Waals surface area contributed by atoms with Crippen LogP contribution >= 0.6 is 0 Å². The number of hydrogen-bond donors (Lipinski definition) is 0. The summed E-state index contributed by atoms with van der Waals surface area (Å²) in [4.78, 5) is 30.0. The van der Waals surface area contributed by atoms with Gasteiger partial charge in [0.2, 0.25) is 11.8 Å². The molecule has 5 nitrogen and oxygen atoms in total. The van der Waals surface area contributed by atoms with Gasteiger partial charge in [0.05, 0.1) is 13.0 Å². The van der Waals surface area contributed by atoms with Crippen molar-refractivity contribution in [2.45, 2.75) is 44.9 Å². The molecule has 1 heterocycles. The molecule has 2 aromatic carbocycles. The van der Waals surface area contributed by atoms with Crippen molar-refractivity contribution in [2.75, 3.05) is 33.3 Å². The van der Waals surface area contributed by atoms with E-state index in [9.17, 15) is 9.59 Å². The smallest absolute Gasteiger partial charge is 0.230 e. The first-order chi connectivity index (χ1) is 15.1. The van der Waals surface area contributed by atoms with Crippen molar-refractivity contribution in [3.63, 3.8) is 0 Å². The molecule has 5 heteroatoms. The van der Waals surface area contributed by atoms with Crippen LogP contribution in [0.2, 0.25) is 0 Å². The summed E-state index contributed by atoms with van der Waals surface area (Å²) in [5, 5.41) is 0. The molecule has 2 amide bonds. The number of methoxy groups -OCH3 is 1. The predicted octanol–water partition coefficient (Wildman–Crippen LogP) is 4.27. The molecule has 166 valence electrons. The molecule has 0 saturated carbocycles. The molecule has 1 aliphatic heterocycles. The van der Waals surface area contributed by atoms with Gasteiger partial charge < -0.3 is 14.5 Å². The summed E-state index contributed by atoms with van der Waals surface area (Å²) < 4.78 is 5.19. The van der Waals surface area contributed by atoms with E-state index in [1.54, 1.807) is 7.11 Å². The highest BCUT2D eigenvalue weighted by molar-refractivity contribution is 5.84. The number of rotatable bonds is 8. The SMILES string of the molecule is CCCC(C(=O)N1CCCN(C(=O)CCc2ccc(OC)cc2)CC1)c1ccccc1. The standard InChI is InChI=1S/C26H34N2O3/c1-3-8-24(22-9-5-4-6-10-22)26(30)28-18-7-17-27(19-20-28)25(29)16-13-21-11-14-23(31-2)15-12-21/h4-6,9-12,14-15,24H,3,7-8,13,16-20H2,1-2H3. The number of nitrogens with zero attached hydrogens (tertiary/aromatic N) is 2. The lowest BCUT2D eigenvalue weighted by Crippen LogP contribution is -2.39. The number of aryl methyl sites for hydroxylation is 1. The van der Waals surface area contributed by atoms with Crippen LogP contribution in [0.4, 0.5) is 0 Å². The van der Waals surface area contributed by atoms with Gasteiger partial charge in [0, 0.05) is 32.6 Å². The largest absolute Gasteiger partial charge is 0.497 e. The van der Waals surface area contributed by atoms with Crippen LogP contribution in [0.5, 0.6) is 5.75 Å². The zero-order valence-corrected chi connectivity index (χ0v) is 18.8. The fourth-order valence-corrected chi connectivity index (χ4v) is 4.22. The highest BCUT2D eigenvalue weighted by atomic mass is 16.5. The monoisotopic (exact) mass is 422 g/mol. The van der Waals surface area contributed by atoms with Crippen molar-refractivity contribution in [2.24, 2.45) is 0 Å². The van der Waals surface area contributed by atoms with Gasteiger partial charge >= 0.3 is 0 Å². The molecular weight excluding hydrogens is 388 g/mol. The molecule has 1 fully saturated rings. The third-order valence-electron chi connectivity index (χ3n) is 6.02. The minimum absolute atomic E-state index is 0.0940. The van der Waals surface area contributed by atoms with Crippen molar-refractivity contribution in [1.82, 2.24) is 9.80 Å². The Labute approximate surface area is 186 Å². The highest BCUT2D eigenvalue weighted by Gasteiger charge is 2.27. The van der Waals surface area contributed by atoms with E-state index in [4.69, 9.17) is 4.74 Å². The summed E-state index contributed by atoms with van der Waals surface area (Å²) in [6.45, 7) is 4.78. The molecule has 3 rings (SSSR count). The Hall–Kier alpha value is -2.82. The van der Waals surface area contributed by atoms with Crippen molar-refractivity contribution in [1.29, 1.82) is 0 Å². The molecule has 0 N–H and O–H groups in total. The zero-order valence-electron chi connectivity index (χ0n) is 18.8. The van der Waals surface area contributed by atoms with Gasteiger partial charge in [-0.05, 0) is 42.5 Å². The quantitative estimate of drug-likeness (QED) is 0.638. The van der Waals surface area contributed by atoms with Gasteiger partial charge in [-0.2, -0.15) is 0 Å². The molecule has 1 atom stereocenters. The first-order valence-corrected chi connectivity index (χ1v) is 11.4. The normalized spacial score (nSPS) is 15.3. The summed E-state index contributed by atoms with van der Waals surface area (Å²) in [7, 11) is 1.65. The lowest BCUT2D eigenvalue weighted by atomic mass is 9.93. The molecule has 0 bridgehead atoms. The van der Waals surface area contributed by atoms with E-state index >= 15 is 0 Å². The fraction of sp³-hybridized carbons (Fsp3) is 0.462. The van der Waals surface area contributed by atoms with Gasteiger partial charge in [-0.1, -0.05) is 55.8 Å². The number of ether oxygens (including phenoxy) is 1. The Kier molecular flexibility index (Phi) is 8.51. The molecule has 31 heavy (non-hydrogen) atoms. The number of amides is 2. The Bertz CT molecular complexity index is 835. The van der Waals surface area contributed by atoms with Crippen molar-refractivity contribution in [3.8, 4) is 5.75 Å². The summed E-state index contributed by atoms with van der Waals surface area (Å²) in [6.07, 6.45) is 3.85. The first kappa shape index (κ1) is 22.9. The van der Waals surface area contributed by atoms with Crippen LogP contribution in [0.25, 0.3) is 0 Å². The lowest BCUT2D eigenvalue weighted by molar-refractivity contribution is -0.134. The van der Waals surface area contributed by atoms with E-state index in [2.05, 4.69) is 6.92 Å². The van der Waals surface area contributed by atoms with Crippen molar-refractivity contribution in [3.05, 3.63) is 65.7 Å². The van der Waals surface area contributed by atoms with Crippen LogP contribution in [0.3, 0.4) is 0 Å². The van der Waals surface area contributed by atoms with Gasteiger partial charge in [-0.25, -0.2) is 0 Å². The van der Waals surface area contributed by atoms with Gasteiger partial charge in [0.25, 0.3) is 0 Å². The second-order valence-corrected chi connectivity index (χ2v) is 8.16. The summed E-state index contributed by atoms with van der Waals surface area (Å²) in [5.74, 6) is 1.09. The van der Waals surface area contributed by atoms with Crippen LogP contribution in [0, 0.1) is 0 Å². The van der Waals surface area contributed by atoms with Gasteiger partial charge in [-0.15, -0.1) is 0 Å². The average molecular weight is 423 g/mol. The predicted molar refractivity (Wildman–Crippen MR) is 123 cm³/mol. The maximum atomic E-state index is 13.3. The topological polar surface area (TPSA) is 49.9 Å². The van der Waals surface area contributed by atoms with E-state index in [0.717, 1.165) is 42.7 Å². The second kappa shape index (κ2) is 11.5. The highest BCUT2D eigenvalue weighted by Crippen LogP contribution is 2.24. The van der Waals surface area contributed by atoms with Crippen LogP contribution in [0.15, 0.2) is 54.6 Å². The minimum atomic E-state index is -0.0940.